The van der Waals surface area contributed by atoms with Crippen LogP contribution in [-0.2, 0) is 10.0 Å². The smallest absolute Gasteiger partial charge is 0.266 e. The number of rotatable bonds is 5. The molecule has 0 saturated heterocycles. The van der Waals surface area contributed by atoms with E-state index in [9.17, 15) is 22.8 Å². The molecule has 0 atom stereocenters. The molecule has 0 unspecified atom stereocenters. The van der Waals surface area contributed by atoms with Crippen molar-refractivity contribution in [2.75, 3.05) is 17.3 Å². The minimum absolute atomic E-state index is 0.104. The van der Waals surface area contributed by atoms with Gasteiger partial charge in [-0.1, -0.05) is 23.5 Å². The average molecular weight is 493 g/mol. The molecule has 0 aliphatic carbocycles. The third-order valence-corrected chi connectivity index (χ3v) is 7.69. The highest BCUT2D eigenvalue weighted by Gasteiger charge is 2.36. The molecule has 4 aromatic rings. The lowest BCUT2D eigenvalue weighted by molar-refractivity contribution is 0.0925. The lowest BCUT2D eigenvalue weighted by atomic mass is 10.1. The summed E-state index contributed by atoms with van der Waals surface area (Å²) >= 11 is 1.15. The summed E-state index contributed by atoms with van der Waals surface area (Å²) in [5.74, 6) is -1.25. The summed E-state index contributed by atoms with van der Waals surface area (Å²) in [5.41, 5.74) is 1.90. The van der Waals surface area contributed by atoms with Crippen molar-refractivity contribution >= 4 is 60.1 Å². The molecule has 1 aliphatic heterocycles. The number of aromatic nitrogens is 1. The van der Waals surface area contributed by atoms with E-state index >= 15 is 0 Å². The molecular formula is C23H16N4O5S2. The Labute approximate surface area is 198 Å². The van der Waals surface area contributed by atoms with Gasteiger partial charge in [0.15, 0.2) is 5.13 Å². The van der Waals surface area contributed by atoms with Crippen LogP contribution in [0.25, 0.3) is 10.2 Å². The lowest BCUT2D eigenvalue weighted by Gasteiger charge is -2.14. The Morgan fingerprint density at radius 1 is 0.941 bits per heavy atom. The summed E-state index contributed by atoms with van der Waals surface area (Å²) in [6.07, 6.45) is 0. The van der Waals surface area contributed by atoms with Crippen LogP contribution < -0.4 is 14.9 Å². The van der Waals surface area contributed by atoms with Gasteiger partial charge in [-0.25, -0.2) is 23.0 Å². The number of thiazole rings is 1. The minimum atomic E-state index is -3.59. The fourth-order valence-electron chi connectivity index (χ4n) is 3.60. The monoisotopic (exact) mass is 492 g/mol. The summed E-state index contributed by atoms with van der Waals surface area (Å²) in [6.45, 7) is 0. The largest absolute Gasteiger partial charge is 0.298 e. The molecule has 2 N–H and O–H groups in total. The number of nitrogens with zero attached hydrogens (tertiary/aromatic N) is 2. The van der Waals surface area contributed by atoms with Crippen LogP contribution in [0, 0.1) is 0 Å². The fraction of sp³-hybridized carbons (Fsp3) is 0.0435. The third-order valence-electron chi connectivity index (χ3n) is 5.34. The van der Waals surface area contributed by atoms with E-state index in [1.54, 1.807) is 30.3 Å². The first-order chi connectivity index (χ1) is 16.3. The topological polar surface area (TPSA) is 126 Å². The number of imide groups is 1. The Morgan fingerprint density at radius 2 is 1.59 bits per heavy atom. The molecule has 11 heteroatoms. The molecule has 1 aromatic heterocycles. The first-order valence-electron chi connectivity index (χ1n) is 10.0. The predicted molar refractivity (Wildman–Crippen MR) is 128 cm³/mol. The molecule has 0 radical (unpaired) electrons. The van der Waals surface area contributed by atoms with Crippen LogP contribution in [-0.4, -0.2) is 38.2 Å². The molecule has 1 aliphatic rings. The maximum absolute atomic E-state index is 12.7. The van der Waals surface area contributed by atoms with Crippen molar-refractivity contribution in [2.24, 2.45) is 0 Å². The Morgan fingerprint density at radius 3 is 2.21 bits per heavy atom. The van der Waals surface area contributed by atoms with Crippen molar-refractivity contribution in [2.45, 2.75) is 4.90 Å². The second-order valence-electron chi connectivity index (χ2n) is 7.35. The SMILES string of the molecule is CNS(=O)(=O)c1ccc2nc(NC(=O)c3ccc(N4C(=O)c5ccccc5C4=O)cc3)sc2c1. The summed E-state index contributed by atoms with van der Waals surface area (Å²) in [5, 5.41) is 3.01. The molecule has 170 valence electrons. The van der Waals surface area contributed by atoms with Crippen LogP contribution >= 0.6 is 11.3 Å². The van der Waals surface area contributed by atoms with Crippen LogP contribution in [0.2, 0.25) is 0 Å². The van der Waals surface area contributed by atoms with Crippen LogP contribution in [0.15, 0.2) is 71.6 Å². The van der Waals surface area contributed by atoms with Gasteiger partial charge in [0.05, 0.1) is 31.9 Å². The molecule has 0 spiro atoms. The van der Waals surface area contributed by atoms with Gasteiger partial charge < -0.3 is 0 Å². The van der Waals surface area contributed by atoms with Gasteiger partial charge in [-0.05, 0) is 61.6 Å². The average Bonchev–Trinajstić information content (AvgIpc) is 3.36. The second kappa shape index (κ2) is 8.13. The highest BCUT2D eigenvalue weighted by atomic mass is 32.2. The van der Waals surface area contributed by atoms with E-state index < -0.39 is 27.7 Å². The Kier molecular flexibility index (Phi) is 5.24. The molecule has 3 aromatic carbocycles. The molecule has 0 bridgehead atoms. The number of nitrogens with one attached hydrogen (secondary N) is 2. The summed E-state index contributed by atoms with van der Waals surface area (Å²) in [7, 11) is -2.26. The number of carbonyl (C=O) groups excluding carboxylic acids is 3. The molecule has 5 rings (SSSR count). The number of benzene rings is 3. The van der Waals surface area contributed by atoms with Gasteiger partial charge in [-0.2, -0.15) is 0 Å². The van der Waals surface area contributed by atoms with Gasteiger partial charge in [0.1, 0.15) is 0 Å². The standard InChI is InChI=1S/C23H16N4O5S2/c1-24-34(31,32)15-10-11-18-19(12-15)33-23(25-18)26-20(28)13-6-8-14(9-7-13)27-21(29)16-4-2-3-5-17(16)22(27)30/h2-12,24H,1H3,(H,25,26,28). The molecule has 2 heterocycles. The van der Waals surface area contributed by atoms with E-state index in [1.807, 2.05) is 0 Å². The first kappa shape index (κ1) is 21.9. The third kappa shape index (κ3) is 3.65. The zero-order valence-electron chi connectivity index (χ0n) is 17.6. The fourth-order valence-corrected chi connectivity index (χ4v) is 5.33. The molecule has 9 nitrogen and oxygen atoms in total. The van der Waals surface area contributed by atoms with Crippen LogP contribution in [0.3, 0.4) is 0 Å². The number of hydrogen-bond donors (Lipinski definition) is 2. The summed E-state index contributed by atoms with van der Waals surface area (Å²) in [4.78, 5) is 43.5. The summed E-state index contributed by atoms with van der Waals surface area (Å²) < 4.78 is 26.9. The zero-order chi connectivity index (χ0) is 24.0. The maximum Gasteiger partial charge on any atom is 0.266 e. The zero-order valence-corrected chi connectivity index (χ0v) is 19.2. The van der Waals surface area contributed by atoms with E-state index in [4.69, 9.17) is 0 Å². The quantitative estimate of drug-likeness (QED) is 0.412. The minimum Gasteiger partial charge on any atom is -0.298 e. The maximum atomic E-state index is 12.7. The summed E-state index contributed by atoms with van der Waals surface area (Å²) in [6, 6.07) is 17.2. The Hall–Kier alpha value is -3.93. The van der Waals surface area contributed by atoms with Gasteiger partial charge in [-0.15, -0.1) is 0 Å². The molecule has 0 saturated carbocycles. The second-order valence-corrected chi connectivity index (χ2v) is 10.3. The van der Waals surface area contributed by atoms with E-state index in [-0.39, 0.29) is 4.90 Å². The van der Waals surface area contributed by atoms with E-state index in [0.29, 0.717) is 37.7 Å². The van der Waals surface area contributed by atoms with Crippen molar-refractivity contribution in [1.29, 1.82) is 0 Å². The molecule has 0 fully saturated rings. The van der Waals surface area contributed by atoms with Crippen molar-refractivity contribution in [3.63, 3.8) is 0 Å². The van der Waals surface area contributed by atoms with Crippen molar-refractivity contribution < 1.29 is 22.8 Å². The number of hydrogen-bond acceptors (Lipinski definition) is 7. The number of sulfonamides is 1. The van der Waals surface area contributed by atoms with Crippen molar-refractivity contribution in [1.82, 2.24) is 9.71 Å². The van der Waals surface area contributed by atoms with Gasteiger partial charge in [0.25, 0.3) is 17.7 Å². The molecular weight excluding hydrogens is 476 g/mol. The van der Waals surface area contributed by atoms with Gasteiger partial charge in [-0.3, -0.25) is 19.7 Å². The van der Waals surface area contributed by atoms with Crippen LogP contribution in [0.1, 0.15) is 31.1 Å². The van der Waals surface area contributed by atoms with E-state index in [1.165, 1.54) is 43.4 Å². The molecule has 34 heavy (non-hydrogen) atoms. The Balaban J connectivity index is 1.35. The lowest BCUT2D eigenvalue weighted by Crippen LogP contribution is -2.29. The number of amides is 3. The van der Waals surface area contributed by atoms with Crippen molar-refractivity contribution in [3.8, 4) is 0 Å². The highest BCUT2D eigenvalue weighted by Crippen LogP contribution is 2.30. The number of fused-ring (bicyclic) bond motifs is 2. The van der Waals surface area contributed by atoms with Gasteiger partial charge in [0.2, 0.25) is 10.0 Å². The number of carbonyl (C=O) groups is 3. The van der Waals surface area contributed by atoms with E-state index in [2.05, 4.69) is 15.0 Å². The van der Waals surface area contributed by atoms with Crippen LogP contribution in [0.4, 0.5) is 10.8 Å². The van der Waals surface area contributed by atoms with Gasteiger partial charge >= 0.3 is 0 Å². The normalized spacial score (nSPS) is 13.4. The highest BCUT2D eigenvalue weighted by molar-refractivity contribution is 7.89. The molecule has 3 amide bonds. The van der Waals surface area contributed by atoms with Crippen LogP contribution in [0.5, 0.6) is 0 Å². The predicted octanol–water partition coefficient (Wildman–Crippen LogP) is 3.26. The van der Waals surface area contributed by atoms with Gasteiger partial charge in [0, 0.05) is 5.56 Å². The van der Waals surface area contributed by atoms with Crippen molar-refractivity contribution in [3.05, 3.63) is 83.4 Å². The Bertz CT molecular complexity index is 1560. The van der Waals surface area contributed by atoms with E-state index in [0.717, 1.165) is 16.2 Å². The first-order valence-corrected chi connectivity index (χ1v) is 12.3. The number of anilines is 2.